The summed E-state index contributed by atoms with van der Waals surface area (Å²) in [5.41, 5.74) is 2.51. The number of anilines is 1. The third-order valence-electron chi connectivity index (χ3n) is 6.26. The fourth-order valence-corrected chi connectivity index (χ4v) is 6.11. The van der Waals surface area contributed by atoms with Crippen molar-refractivity contribution in [1.82, 2.24) is 9.88 Å². The van der Waals surface area contributed by atoms with Crippen LogP contribution in [0.1, 0.15) is 35.7 Å². The molecule has 1 aromatic carbocycles. The van der Waals surface area contributed by atoms with Gasteiger partial charge in [-0.15, -0.1) is 0 Å². The summed E-state index contributed by atoms with van der Waals surface area (Å²) in [6.07, 6.45) is -0.629. The highest BCUT2D eigenvalue weighted by Gasteiger charge is 2.47. The summed E-state index contributed by atoms with van der Waals surface area (Å²) in [5, 5.41) is 4.37. The topological polar surface area (TPSA) is 45.2 Å². The van der Waals surface area contributed by atoms with Crippen molar-refractivity contribution in [1.29, 1.82) is 0 Å². The van der Waals surface area contributed by atoms with E-state index in [9.17, 15) is 18.0 Å². The van der Waals surface area contributed by atoms with Crippen LogP contribution in [0.4, 0.5) is 18.9 Å². The number of thioether (sulfide) groups is 1. The van der Waals surface area contributed by atoms with Gasteiger partial charge in [0.25, 0.3) is 0 Å². The van der Waals surface area contributed by atoms with Gasteiger partial charge >= 0.3 is 6.18 Å². The minimum atomic E-state index is -4.63. The van der Waals surface area contributed by atoms with Gasteiger partial charge in [-0.2, -0.15) is 24.9 Å². The largest absolute Gasteiger partial charge is 0.414 e. The van der Waals surface area contributed by atoms with Crippen LogP contribution in [0.2, 0.25) is 10.0 Å². The van der Waals surface area contributed by atoms with Crippen LogP contribution in [0.3, 0.4) is 0 Å². The van der Waals surface area contributed by atoms with Crippen molar-refractivity contribution in [2.24, 2.45) is 5.92 Å². The van der Waals surface area contributed by atoms with E-state index in [0.717, 1.165) is 34.0 Å². The molecule has 1 aliphatic heterocycles. The second kappa shape index (κ2) is 9.92. The fourth-order valence-electron chi connectivity index (χ4n) is 4.56. The Balaban J connectivity index is 1.47. The number of halogens is 5. The Kier molecular flexibility index (Phi) is 7.36. The predicted octanol–water partition coefficient (Wildman–Crippen LogP) is 6.17. The second-order valence-electron chi connectivity index (χ2n) is 8.50. The minimum absolute atomic E-state index is 0.0375. The van der Waals surface area contributed by atoms with Gasteiger partial charge in [0.05, 0.1) is 27.6 Å². The molecule has 0 radical (unpaired) electrons. The van der Waals surface area contributed by atoms with E-state index >= 15 is 0 Å². The molecule has 0 bridgehead atoms. The van der Waals surface area contributed by atoms with Crippen LogP contribution in [0, 0.1) is 5.92 Å². The lowest BCUT2D eigenvalue weighted by Gasteiger charge is -2.33. The van der Waals surface area contributed by atoms with Crippen molar-refractivity contribution in [2.45, 2.75) is 43.9 Å². The van der Waals surface area contributed by atoms with Crippen LogP contribution in [0.15, 0.2) is 30.5 Å². The molecule has 2 aliphatic rings. The number of alkyl halides is 3. The molecule has 10 heteroatoms. The summed E-state index contributed by atoms with van der Waals surface area (Å²) < 4.78 is 41.9. The Bertz CT molecular complexity index is 1010. The van der Waals surface area contributed by atoms with Crippen molar-refractivity contribution in [3.8, 4) is 0 Å². The van der Waals surface area contributed by atoms with E-state index in [1.165, 1.54) is 19.3 Å². The third-order valence-corrected chi connectivity index (χ3v) is 8.15. The number of carbonyl (C=O) groups excluding carboxylic acids is 1. The third kappa shape index (κ3) is 5.38. The number of nitrogens with zero attached hydrogens (tertiary/aromatic N) is 2. The van der Waals surface area contributed by atoms with E-state index in [1.54, 1.807) is 23.9 Å². The van der Waals surface area contributed by atoms with E-state index in [0.29, 0.717) is 35.0 Å². The van der Waals surface area contributed by atoms with Gasteiger partial charge in [-0.25, -0.2) is 0 Å². The van der Waals surface area contributed by atoms with Crippen molar-refractivity contribution in [3.63, 3.8) is 0 Å². The number of benzene rings is 1. The molecular weight excluding hydrogens is 494 g/mol. The summed E-state index contributed by atoms with van der Waals surface area (Å²) in [4.78, 5) is 17.7. The number of pyridine rings is 1. The van der Waals surface area contributed by atoms with Crippen molar-refractivity contribution in [3.05, 3.63) is 57.3 Å². The molecule has 2 heterocycles. The molecule has 1 fully saturated rings. The van der Waals surface area contributed by atoms with Gasteiger partial charge < -0.3 is 10.2 Å². The lowest BCUT2D eigenvalue weighted by Crippen LogP contribution is -2.43. The van der Waals surface area contributed by atoms with E-state index in [1.807, 2.05) is 6.07 Å². The van der Waals surface area contributed by atoms with Gasteiger partial charge in [-0.3, -0.25) is 9.78 Å². The molecule has 0 saturated carbocycles. The van der Waals surface area contributed by atoms with Gasteiger partial charge in [0.1, 0.15) is 0 Å². The Hall–Kier alpha value is -1.64. The Morgan fingerprint density at radius 1 is 1.18 bits per heavy atom. The quantitative estimate of drug-likeness (QED) is 0.514. The second-order valence-corrected chi connectivity index (χ2v) is 10.5. The molecule has 2 aromatic rings. The first-order valence-corrected chi connectivity index (χ1v) is 12.7. The molecule has 0 spiro atoms. The van der Waals surface area contributed by atoms with E-state index in [-0.39, 0.29) is 17.7 Å². The lowest BCUT2D eigenvalue weighted by atomic mass is 9.99. The zero-order chi connectivity index (χ0) is 23.8. The average Bonchev–Trinajstić information content (AvgIpc) is 3.20. The lowest BCUT2D eigenvalue weighted by molar-refractivity contribution is -0.191. The first-order valence-electron chi connectivity index (χ1n) is 10.7. The molecule has 33 heavy (non-hydrogen) atoms. The SMILES string of the molecule is CN(C(=O)C1CCSCC1)C(c1ccc(NC2Cc3ccc(Cl)c(Cl)c3C2)cn1)C(F)(F)F. The van der Waals surface area contributed by atoms with E-state index < -0.39 is 18.1 Å². The highest BCUT2D eigenvalue weighted by atomic mass is 35.5. The number of nitrogens with one attached hydrogen (secondary N) is 1. The van der Waals surface area contributed by atoms with Crippen LogP contribution in [0.5, 0.6) is 0 Å². The summed E-state index contributed by atoms with van der Waals surface area (Å²) >= 11 is 14.1. The van der Waals surface area contributed by atoms with Crippen LogP contribution in [0.25, 0.3) is 0 Å². The Labute approximate surface area is 205 Å². The monoisotopic (exact) mass is 517 g/mol. The predicted molar refractivity (Wildman–Crippen MR) is 127 cm³/mol. The van der Waals surface area contributed by atoms with Gasteiger partial charge in [-0.05, 0) is 66.5 Å². The Morgan fingerprint density at radius 2 is 1.91 bits per heavy atom. The smallest absolute Gasteiger partial charge is 0.380 e. The summed E-state index contributed by atoms with van der Waals surface area (Å²) in [7, 11) is 1.22. The summed E-state index contributed by atoms with van der Waals surface area (Å²) in [5.74, 6) is 0.747. The minimum Gasteiger partial charge on any atom is -0.380 e. The molecule has 2 unspecified atom stereocenters. The maximum atomic E-state index is 14.0. The zero-order valence-corrected chi connectivity index (χ0v) is 20.3. The van der Waals surface area contributed by atoms with Crippen LogP contribution in [-0.2, 0) is 17.6 Å². The number of amides is 1. The fraction of sp³-hybridized carbons (Fsp3) is 0.478. The molecule has 4 rings (SSSR count). The van der Waals surface area contributed by atoms with Crippen molar-refractivity contribution >= 4 is 46.6 Å². The number of fused-ring (bicyclic) bond motifs is 1. The molecular formula is C23H24Cl2F3N3OS. The molecule has 1 aromatic heterocycles. The van der Waals surface area contributed by atoms with Gasteiger partial charge in [0, 0.05) is 19.0 Å². The zero-order valence-electron chi connectivity index (χ0n) is 18.0. The van der Waals surface area contributed by atoms with Crippen molar-refractivity contribution < 1.29 is 18.0 Å². The first kappa shape index (κ1) is 24.5. The maximum absolute atomic E-state index is 14.0. The van der Waals surface area contributed by atoms with Gasteiger partial charge in [0.2, 0.25) is 5.91 Å². The molecule has 178 valence electrons. The molecule has 2 atom stereocenters. The van der Waals surface area contributed by atoms with Crippen molar-refractivity contribution in [2.75, 3.05) is 23.9 Å². The van der Waals surface area contributed by atoms with E-state index in [2.05, 4.69) is 10.3 Å². The van der Waals surface area contributed by atoms with Gasteiger partial charge in [-0.1, -0.05) is 29.3 Å². The van der Waals surface area contributed by atoms with Crippen LogP contribution in [-0.4, -0.2) is 46.6 Å². The highest BCUT2D eigenvalue weighted by Crippen LogP contribution is 2.39. The summed E-state index contributed by atoms with van der Waals surface area (Å²) in [6, 6.07) is 4.59. The molecule has 4 nitrogen and oxygen atoms in total. The standard InChI is InChI=1S/C23H24Cl2F3N3OS/c1-31(22(32)13-6-8-33-9-7-13)21(23(26,27)28)19-5-3-15(12-29-19)30-16-10-14-2-4-18(24)20(25)17(14)11-16/h2-5,12-13,16,21,30H,6-11H2,1H3. The molecule has 1 amide bonds. The normalized spacial score (nSPS) is 19.8. The Morgan fingerprint density at radius 3 is 2.55 bits per heavy atom. The number of aromatic nitrogens is 1. The molecule has 1 N–H and O–H groups in total. The van der Waals surface area contributed by atoms with Crippen LogP contribution < -0.4 is 5.32 Å². The molecule has 1 saturated heterocycles. The van der Waals surface area contributed by atoms with Crippen LogP contribution >= 0.6 is 35.0 Å². The molecule has 1 aliphatic carbocycles. The number of carbonyl (C=O) groups is 1. The average molecular weight is 518 g/mol. The van der Waals surface area contributed by atoms with E-state index in [4.69, 9.17) is 23.2 Å². The summed E-state index contributed by atoms with van der Waals surface area (Å²) in [6.45, 7) is 0. The first-order chi connectivity index (χ1) is 15.6. The highest BCUT2D eigenvalue weighted by molar-refractivity contribution is 7.99. The number of hydrogen-bond donors (Lipinski definition) is 1. The maximum Gasteiger partial charge on any atom is 0.414 e. The van der Waals surface area contributed by atoms with Gasteiger partial charge in [0.15, 0.2) is 6.04 Å². The number of hydrogen-bond acceptors (Lipinski definition) is 4. The number of rotatable bonds is 5.